The molecule has 0 radical (unpaired) electrons. The third-order valence-electron chi connectivity index (χ3n) is 4.07. The van der Waals surface area contributed by atoms with Crippen molar-refractivity contribution < 1.29 is 26.4 Å². The van der Waals surface area contributed by atoms with Crippen LogP contribution in [-0.2, 0) is 13.8 Å². The van der Waals surface area contributed by atoms with E-state index in [2.05, 4.69) is 0 Å². The molecule has 0 aliphatic carbocycles. The van der Waals surface area contributed by atoms with Crippen molar-refractivity contribution >= 4 is 53.7 Å². The van der Waals surface area contributed by atoms with Gasteiger partial charge in [0.25, 0.3) is 9.05 Å². The van der Waals surface area contributed by atoms with Crippen LogP contribution in [0, 0.1) is 0 Å². The number of anilines is 1. The Bertz CT molecular complexity index is 976. The monoisotopic (exact) mass is 411 g/mol. The minimum absolute atomic E-state index is 0.0172. The van der Waals surface area contributed by atoms with Gasteiger partial charge in [-0.1, -0.05) is 12.1 Å². The van der Waals surface area contributed by atoms with E-state index in [1.807, 2.05) is 0 Å². The number of hydrogen-bond donors (Lipinski definition) is 0. The van der Waals surface area contributed by atoms with Crippen molar-refractivity contribution in [2.24, 2.45) is 0 Å². The van der Waals surface area contributed by atoms with E-state index in [9.17, 15) is 26.4 Å². The third kappa shape index (κ3) is 3.18. The Morgan fingerprint density at radius 1 is 1.24 bits per heavy atom. The molecule has 0 spiro atoms. The average molecular weight is 412 g/mol. The van der Waals surface area contributed by atoms with Gasteiger partial charge in [0.1, 0.15) is 0 Å². The van der Waals surface area contributed by atoms with Crippen LogP contribution in [0.5, 0.6) is 0 Å². The lowest BCUT2D eigenvalue weighted by Crippen LogP contribution is -2.40. The van der Waals surface area contributed by atoms with E-state index in [0.717, 1.165) is 0 Å². The molecule has 1 atom stereocenters. The summed E-state index contributed by atoms with van der Waals surface area (Å²) in [4.78, 5) is 12.2. The number of carbonyl (C=O) groups excluding carboxylic acids is 1. The predicted octanol–water partition coefficient (Wildman–Crippen LogP) is 4.00. The smallest absolute Gasteiger partial charge is 0.304 e. The summed E-state index contributed by atoms with van der Waals surface area (Å²) in [6.07, 6.45) is -5.00. The van der Waals surface area contributed by atoms with Crippen molar-refractivity contribution in [2.75, 3.05) is 17.3 Å². The van der Waals surface area contributed by atoms with Gasteiger partial charge in [-0.05, 0) is 34.5 Å². The molecule has 2 aromatic rings. The number of halogens is 5. The van der Waals surface area contributed by atoms with Crippen molar-refractivity contribution in [1.29, 1.82) is 0 Å². The molecule has 4 nitrogen and oxygen atoms in total. The van der Waals surface area contributed by atoms with E-state index in [1.165, 1.54) is 30.3 Å². The van der Waals surface area contributed by atoms with Gasteiger partial charge in [-0.15, -0.1) is 11.6 Å². The normalized spacial score (nSPS) is 17.8. The van der Waals surface area contributed by atoms with Crippen molar-refractivity contribution in [1.82, 2.24) is 0 Å². The zero-order valence-electron chi connectivity index (χ0n) is 12.3. The van der Waals surface area contributed by atoms with E-state index >= 15 is 0 Å². The lowest BCUT2D eigenvalue weighted by Gasteiger charge is -2.19. The summed E-state index contributed by atoms with van der Waals surface area (Å²) in [6.45, 7) is -0.189. The highest BCUT2D eigenvalue weighted by atomic mass is 35.7. The maximum absolute atomic E-state index is 12.8. The molecule has 10 heteroatoms. The van der Waals surface area contributed by atoms with Crippen LogP contribution < -0.4 is 4.90 Å². The number of nitrogens with zero attached hydrogens (tertiary/aromatic N) is 1. The van der Waals surface area contributed by atoms with Gasteiger partial charge < -0.3 is 4.90 Å². The highest BCUT2D eigenvalue weighted by Crippen LogP contribution is 2.43. The van der Waals surface area contributed by atoms with Crippen LogP contribution in [-0.4, -0.2) is 32.9 Å². The second-order valence-corrected chi connectivity index (χ2v) is 8.46. The second-order valence-electron chi connectivity index (χ2n) is 5.58. The average Bonchev–Trinajstić information content (AvgIpc) is 2.90. The Morgan fingerprint density at radius 3 is 2.48 bits per heavy atom. The van der Waals surface area contributed by atoms with Gasteiger partial charge in [0.2, 0.25) is 0 Å². The number of hydrogen-bond acceptors (Lipinski definition) is 3. The lowest BCUT2D eigenvalue weighted by molar-refractivity contribution is -0.170. The van der Waals surface area contributed by atoms with Crippen LogP contribution >= 0.6 is 22.3 Å². The van der Waals surface area contributed by atoms with E-state index in [0.29, 0.717) is 21.2 Å². The molecule has 1 unspecified atom stereocenters. The maximum atomic E-state index is 12.8. The maximum Gasteiger partial charge on any atom is 0.471 e. The van der Waals surface area contributed by atoms with Gasteiger partial charge in [0.15, 0.2) is 0 Å². The van der Waals surface area contributed by atoms with Gasteiger partial charge in [-0.25, -0.2) is 8.42 Å². The first-order valence-corrected chi connectivity index (χ1v) is 9.84. The van der Waals surface area contributed by atoms with Crippen molar-refractivity contribution in [2.45, 2.75) is 17.0 Å². The van der Waals surface area contributed by atoms with Crippen molar-refractivity contribution in [3.05, 3.63) is 35.9 Å². The number of fused-ring (bicyclic) bond motifs is 3. The highest BCUT2D eigenvalue weighted by molar-refractivity contribution is 8.13. The first-order valence-electron chi connectivity index (χ1n) is 7.00. The molecule has 134 valence electrons. The molecule has 0 bridgehead atoms. The Balaban J connectivity index is 2.20. The van der Waals surface area contributed by atoms with Crippen molar-refractivity contribution in [3.8, 4) is 0 Å². The molecule has 25 heavy (non-hydrogen) atoms. The largest absolute Gasteiger partial charge is 0.471 e. The Kier molecular flexibility index (Phi) is 4.41. The molecule has 0 N–H and O–H groups in total. The predicted molar refractivity (Wildman–Crippen MR) is 88.9 cm³/mol. The summed E-state index contributed by atoms with van der Waals surface area (Å²) in [6, 6.07) is 6.87. The quantitative estimate of drug-likeness (QED) is 0.554. The van der Waals surface area contributed by atoms with Gasteiger partial charge in [-0.3, -0.25) is 4.79 Å². The highest BCUT2D eigenvalue weighted by Gasteiger charge is 2.46. The summed E-state index contributed by atoms with van der Waals surface area (Å²) in [5.74, 6) is -2.44. The summed E-state index contributed by atoms with van der Waals surface area (Å²) in [7, 11) is 1.38. The van der Waals surface area contributed by atoms with Crippen LogP contribution in [0.25, 0.3) is 10.8 Å². The van der Waals surface area contributed by atoms with Gasteiger partial charge in [-0.2, -0.15) is 13.2 Å². The number of rotatable bonds is 2. The molecule has 0 saturated heterocycles. The third-order valence-corrected chi connectivity index (χ3v) is 5.79. The number of benzene rings is 2. The molecule has 3 rings (SSSR count). The van der Waals surface area contributed by atoms with Crippen LogP contribution in [0.1, 0.15) is 11.5 Å². The minimum atomic E-state index is -5.00. The summed E-state index contributed by atoms with van der Waals surface area (Å²) >= 11 is 5.89. The fraction of sp³-hybridized carbons (Fsp3) is 0.267. The van der Waals surface area contributed by atoms with Crippen LogP contribution in [0.3, 0.4) is 0 Å². The molecule has 0 saturated carbocycles. The van der Waals surface area contributed by atoms with Crippen LogP contribution in [0.2, 0.25) is 0 Å². The molecule has 2 aromatic carbocycles. The number of alkyl halides is 4. The molecular weight excluding hydrogens is 402 g/mol. The Hall–Kier alpha value is -1.51. The first kappa shape index (κ1) is 18.3. The van der Waals surface area contributed by atoms with Crippen LogP contribution in [0.4, 0.5) is 18.9 Å². The molecule has 1 amide bonds. The molecular formula is C15H10Cl2F3NO3S. The van der Waals surface area contributed by atoms with Crippen LogP contribution in [0.15, 0.2) is 35.2 Å². The molecule has 1 heterocycles. The summed E-state index contributed by atoms with van der Waals surface area (Å²) in [5, 5.41) is 1.02. The second kappa shape index (κ2) is 6.03. The SMILES string of the molecule is O=C(N1CC(CCl)c2c1ccc1cc(S(=O)(=O)Cl)ccc21)C(F)(F)F. The fourth-order valence-corrected chi connectivity index (χ4v) is 4.06. The number of amides is 1. The summed E-state index contributed by atoms with van der Waals surface area (Å²) < 4.78 is 61.4. The first-order chi connectivity index (χ1) is 11.5. The molecule has 1 aliphatic heterocycles. The minimum Gasteiger partial charge on any atom is -0.304 e. The lowest BCUT2D eigenvalue weighted by atomic mass is 9.96. The van der Waals surface area contributed by atoms with Gasteiger partial charge in [0.05, 0.1) is 4.90 Å². The molecule has 1 aliphatic rings. The van der Waals surface area contributed by atoms with E-state index in [-0.39, 0.29) is 23.0 Å². The zero-order valence-corrected chi connectivity index (χ0v) is 14.7. The topological polar surface area (TPSA) is 54.5 Å². The zero-order chi connectivity index (χ0) is 18.6. The van der Waals surface area contributed by atoms with E-state index < -0.39 is 27.1 Å². The van der Waals surface area contributed by atoms with Crippen molar-refractivity contribution in [3.63, 3.8) is 0 Å². The van der Waals surface area contributed by atoms with E-state index in [4.69, 9.17) is 22.3 Å². The molecule has 0 aromatic heterocycles. The van der Waals surface area contributed by atoms with Gasteiger partial charge >= 0.3 is 12.1 Å². The fourth-order valence-electron chi connectivity index (χ4n) is 3.02. The summed E-state index contributed by atoms with van der Waals surface area (Å²) in [5.41, 5.74) is 0.616. The Labute approximate surface area is 150 Å². The van der Waals surface area contributed by atoms with Gasteiger partial charge in [0, 0.05) is 34.7 Å². The molecule has 0 fully saturated rings. The number of carbonyl (C=O) groups is 1. The standard InChI is InChI=1S/C15H10Cl2F3NO3S/c16-6-9-7-21(14(22)15(18,19)20)12-4-1-8-5-10(25(17,23)24)2-3-11(8)13(9)12/h1-5,9H,6-7H2. The van der Waals surface area contributed by atoms with E-state index in [1.54, 1.807) is 0 Å². The Morgan fingerprint density at radius 2 is 1.92 bits per heavy atom.